The van der Waals surface area contributed by atoms with Crippen LogP contribution in [-0.2, 0) is 4.79 Å². The second-order valence-corrected chi connectivity index (χ2v) is 5.39. The standard InChI is InChI=1S/C14H19ClN2O3/c15-10-2-4-12(5-3-10)20-7-1-6-17-9-11(18)8-13(17)14(16)19/h2-5,11,13,18H,1,6-9H2,(H2,16,19). The Balaban J connectivity index is 1.72. The van der Waals surface area contributed by atoms with Gasteiger partial charge in [0.25, 0.3) is 0 Å². The Morgan fingerprint density at radius 3 is 2.80 bits per heavy atom. The lowest BCUT2D eigenvalue weighted by molar-refractivity contribution is -0.122. The Hall–Kier alpha value is -1.30. The van der Waals surface area contributed by atoms with Crippen molar-refractivity contribution in [3.05, 3.63) is 29.3 Å². The number of β-amino-alcohol motifs (C(OH)–C–C–N with tert-alkyl or cyclic N) is 1. The van der Waals surface area contributed by atoms with Crippen molar-refractivity contribution in [2.75, 3.05) is 19.7 Å². The molecule has 1 amide bonds. The van der Waals surface area contributed by atoms with Crippen molar-refractivity contribution in [1.82, 2.24) is 4.90 Å². The van der Waals surface area contributed by atoms with Gasteiger partial charge in [-0.3, -0.25) is 9.69 Å². The van der Waals surface area contributed by atoms with Crippen molar-refractivity contribution in [2.45, 2.75) is 25.0 Å². The van der Waals surface area contributed by atoms with Crippen molar-refractivity contribution >= 4 is 17.5 Å². The number of carbonyl (C=O) groups excluding carboxylic acids is 1. The number of benzene rings is 1. The van der Waals surface area contributed by atoms with E-state index in [1.165, 1.54) is 0 Å². The van der Waals surface area contributed by atoms with Crippen LogP contribution in [0.3, 0.4) is 0 Å². The quantitative estimate of drug-likeness (QED) is 0.769. The Morgan fingerprint density at radius 2 is 2.15 bits per heavy atom. The van der Waals surface area contributed by atoms with Gasteiger partial charge in [-0.15, -0.1) is 0 Å². The summed E-state index contributed by atoms with van der Waals surface area (Å²) in [5.74, 6) is 0.391. The zero-order valence-corrected chi connectivity index (χ0v) is 11.9. The van der Waals surface area contributed by atoms with Gasteiger partial charge in [0.1, 0.15) is 5.75 Å². The van der Waals surface area contributed by atoms with E-state index in [9.17, 15) is 9.90 Å². The Morgan fingerprint density at radius 1 is 1.45 bits per heavy atom. The van der Waals surface area contributed by atoms with Gasteiger partial charge in [-0.2, -0.15) is 0 Å². The molecule has 2 unspecified atom stereocenters. The Labute approximate surface area is 123 Å². The summed E-state index contributed by atoms with van der Waals surface area (Å²) < 4.78 is 5.58. The molecule has 0 spiro atoms. The first kappa shape index (κ1) is 15.1. The van der Waals surface area contributed by atoms with E-state index >= 15 is 0 Å². The molecule has 1 aromatic carbocycles. The number of rotatable bonds is 6. The van der Waals surface area contributed by atoms with E-state index < -0.39 is 6.10 Å². The SMILES string of the molecule is NC(=O)C1CC(O)CN1CCCOc1ccc(Cl)cc1. The van der Waals surface area contributed by atoms with Crippen LogP contribution >= 0.6 is 11.6 Å². The average Bonchev–Trinajstić information content (AvgIpc) is 2.78. The van der Waals surface area contributed by atoms with Gasteiger partial charge in [-0.25, -0.2) is 0 Å². The van der Waals surface area contributed by atoms with E-state index in [1.807, 2.05) is 17.0 Å². The zero-order chi connectivity index (χ0) is 14.5. The number of hydrogen-bond acceptors (Lipinski definition) is 4. The van der Waals surface area contributed by atoms with Crippen molar-refractivity contribution in [3.8, 4) is 5.75 Å². The van der Waals surface area contributed by atoms with Crippen LogP contribution in [0.1, 0.15) is 12.8 Å². The van der Waals surface area contributed by atoms with Crippen LogP contribution in [0.25, 0.3) is 0 Å². The highest BCUT2D eigenvalue weighted by Gasteiger charge is 2.33. The topological polar surface area (TPSA) is 75.8 Å². The number of primary amides is 1. The van der Waals surface area contributed by atoms with Gasteiger partial charge >= 0.3 is 0 Å². The van der Waals surface area contributed by atoms with Crippen LogP contribution < -0.4 is 10.5 Å². The number of aliphatic hydroxyl groups excluding tert-OH is 1. The third-order valence-corrected chi connectivity index (χ3v) is 3.63. The summed E-state index contributed by atoms with van der Waals surface area (Å²) in [6.45, 7) is 1.71. The maximum absolute atomic E-state index is 11.3. The monoisotopic (exact) mass is 298 g/mol. The minimum Gasteiger partial charge on any atom is -0.494 e. The largest absolute Gasteiger partial charge is 0.494 e. The second kappa shape index (κ2) is 6.92. The van der Waals surface area contributed by atoms with Crippen molar-refractivity contribution in [1.29, 1.82) is 0 Å². The number of nitrogens with two attached hydrogens (primary N) is 1. The number of amides is 1. The van der Waals surface area contributed by atoms with Crippen LogP contribution in [0.4, 0.5) is 0 Å². The van der Waals surface area contributed by atoms with Gasteiger partial charge in [-0.1, -0.05) is 11.6 Å². The zero-order valence-electron chi connectivity index (χ0n) is 11.2. The van der Waals surface area contributed by atoms with E-state index in [-0.39, 0.29) is 11.9 Å². The van der Waals surface area contributed by atoms with Crippen molar-refractivity contribution in [2.24, 2.45) is 5.73 Å². The molecule has 5 nitrogen and oxygen atoms in total. The summed E-state index contributed by atoms with van der Waals surface area (Å²) in [4.78, 5) is 13.2. The molecule has 1 aliphatic rings. The van der Waals surface area contributed by atoms with Crippen LogP contribution in [0.2, 0.25) is 5.02 Å². The fourth-order valence-electron chi connectivity index (χ4n) is 2.41. The van der Waals surface area contributed by atoms with E-state index in [1.54, 1.807) is 12.1 Å². The first-order valence-electron chi connectivity index (χ1n) is 6.66. The summed E-state index contributed by atoms with van der Waals surface area (Å²) in [5, 5.41) is 10.3. The first-order chi connectivity index (χ1) is 9.56. The maximum atomic E-state index is 11.3. The third-order valence-electron chi connectivity index (χ3n) is 3.38. The van der Waals surface area contributed by atoms with E-state index in [0.717, 1.165) is 12.2 Å². The molecule has 0 saturated carbocycles. The molecule has 3 N–H and O–H groups in total. The molecule has 20 heavy (non-hydrogen) atoms. The van der Waals surface area contributed by atoms with Gasteiger partial charge < -0.3 is 15.6 Å². The summed E-state index contributed by atoms with van der Waals surface area (Å²) in [7, 11) is 0. The fourth-order valence-corrected chi connectivity index (χ4v) is 2.54. The van der Waals surface area contributed by atoms with Gasteiger partial charge in [0, 0.05) is 18.1 Å². The molecule has 1 aliphatic heterocycles. The summed E-state index contributed by atoms with van der Waals surface area (Å²) in [6.07, 6.45) is 0.719. The van der Waals surface area contributed by atoms with E-state index in [4.69, 9.17) is 22.1 Å². The average molecular weight is 299 g/mol. The molecular weight excluding hydrogens is 280 g/mol. The number of aliphatic hydroxyl groups is 1. The number of halogens is 1. The minimum atomic E-state index is -0.468. The smallest absolute Gasteiger partial charge is 0.234 e. The number of hydrogen-bond donors (Lipinski definition) is 2. The molecule has 110 valence electrons. The van der Waals surface area contributed by atoms with Gasteiger partial charge in [0.05, 0.1) is 18.8 Å². The molecule has 6 heteroatoms. The number of nitrogens with zero attached hydrogens (tertiary/aromatic N) is 1. The molecule has 1 heterocycles. The molecule has 2 rings (SSSR count). The van der Waals surface area contributed by atoms with Crippen molar-refractivity contribution < 1.29 is 14.6 Å². The van der Waals surface area contributed by atoms with Crippen LogP contribution in [0.15, 0.2) is 24.3 Å². The number of likely N-dealkylation sites (tertiary alicyclic amines) is 1. The van der Waals surface area contributed by atoms with E-state index in [0.29, 0.717) is 31.1 Å². The Kier molecular flexibility index (Phi) is 5.23. The molecule has 1 saturated heterocycles. The molecule has 0 aliphatic carbocycles. The number of carbonyl (C=O) groups is 1. The van der Waals surface area contributed by atoms with E-state index in [2.05, 4.69) is 0 Å². The lowest BCUT2D eigenvalue weighted by Gasteiger charge is -2.21. The molecular formula is C14H19ClN2O3. The molecule has 1 aromatic rings. The number of ether oxygens (including phenoxy) is 1. The van der Waals surface area contributed by atoms with Gasteiger partial charge in [-0.05, 0) is 37.1 Å². The molecule has 0 radical (unpaired) electrons. The summed E-state index contributed by atoms with van der Waals surface area (Å²) in [5.41, 5.74) is 5.32. The first-order valence-corrected chi connectivity index (χ1v) is 7.04. The lowest BCUT2D eigenvalue weighted by atomic mass is 10.2. The van der Waals surface area contributed by atoms with Crippen LogP contribution in [-0.4, -0.2) is 47.8 Å². The predicted octanol–water partition coefficient (Wildman–Crippen LogP) is 1.03. The van der Waals surface area contributed by atoms with Crippen molar-refractivity contribution in [3.63, 3.8) is 0 Å². The Bertz CT molecular complexity index is 452. The summed E-state index contributed by atoms with van der Waals surface area (Å²) >= 11 is 5.79. The minimum absolute atomic E-state index is 0.361. The molecule has 1 fully saturated rings. The predicted molar refractivity (Wildman–Crippen MR) is 76.7 cm³/mol. The highest BCUT2D eigenvalue weighted by molar-refractivity contribution is 6.30. The maximum Gasteiger partial charge on any atom is 0.234 e. The van der Waals surface area contributed by atoms with Crippen LogP contribution in [0.5, 0.6) is 5.75 Å². The molecule has 0 aromatic heterocycles. The highest BCUT2D eigenvalue weighted by Crippen LogP contribution is 2.18. The second-order valence-electron chi connectivity index (χ2n) is 4.96. The molecule has 2 atom stereocenters. The van der Waals surface area contributed by atoms with Gasteiger partial charge in [0.2, 0.25) is 5.91 Å². The highest BCUT2D eigenvalue weighted by atomic mass is 35.5. The van der Waals surface area contributed by atoms with Crippen LogP contribution in [0, 0.1) is 0 Å². The molecule has 0 bridgehead atoms. The fraction of sp³-hybridized carbons (Fsp3) is 0.500. The van der Waals surface area contributed by atoms with Gasteiger partial charge in [0.15, 0.2) is 0 Å². The third kappa shape index (κ3) is 4.10. The lowest BCUT2D eigenvalue weighted by Crippen LogP contribution is -2.41. The normalized spacial score (nSPS) is 22.9. The summed E-state index contributed by atoms with van der Waals surface area (Å²) in [6, 6.07) is 6.82.